The maximum Gasteiger partial charge on any atom is 0.193 e. The van der Waals surface area contributed by atoms with Gasteiger partial charge in [0, 0.05) is 46.0 Å². The van der Waals surface area contributed by atoms with Crippen LogP contribution in [0.2, 0.25) is 0 Å². The zero-order chi connectivity index (χ0) is 18.6. The molecule has 25 heavy (non-hydrogen) atoms. The molecule has 0 bridgehead atoms. The van der Waals surface area contributed by atoms with Crippen molar-refractivity contribution in [3.8, 4) is 0 Å². The molecule has 5 nitrogen and oxygen atoms in total. The van der Waals surface area contributed by atoms with E-state index in [9.17, 15) is 4.39 Å². The van der Waals surface area contributed by atoms with Gasteiger partial charge in [0.15, 0.2) is 5.96 Å². The summed E-state index contributed by atoms with van der Waals surface area (Å²) in [5.41, 5.74) is 3.83. The Kier molecular flexibility index (Phi) is 6.17. The van der Waals surface area contributed by atoms with Gasteiger partial charge in [-0.1, -0.05) is 26.0 Å². The molecule has 0 spiro atoms. The maximum atomic E-state index is 13.7. The van der Waals surface area contributed by atoms with Crippen LogP contribution in [0.1, 0.15) is 42.1 Å². The maximum absolute atomic E-state index is 13.7. The third kappa shape index (κ3) is 4.81. The molecular formula is C19H28FN5. The van der Waals surface area contributed by atoms with Crippen molar-refractivity contribution in [2.24, 2.45) is 12.0 Å². The fourth-order valence-electron chi connectivity index (χ4n) is 2.81. The van der Waals surface area contributed by atoms with Crippen molar-refractivity contribution in [1.29, 1.82) is 0 Å². The Balaban J connectivity index is 2.04. The summed E-state index contributed by atoms with van der Waals surface area (Å²) in [5.74, 6) is 0.953. The molecule has 136 valence electrons. The topological polar surface area (TPSA) is 45.5 Å². The molecule has 0 unspecified atom stereocenters. The van der Waals surface area contributed by atoms with Gasteiger partial charge in [-0.15, -0.1) is 0 Å². The van der Waals surface area contributed by atoms with E-state index in [0.29, 0.717) is 24.6 Å². The van der Waals surface area contributed by atoms with Gasteiger partial charge in [-0.2, -0.15) is 5.10 Å². The van der Waals surface area contributed by atoms with Crippen molar-refractivity contribution in [2.45, 2.75) is 39.8 Å². The third-order valence-electron chi connectivity index (χ3n) is 4.15. The highest BCUT2D eigenvalue weighted by Crippen LogP contribution is 2.18. The summed E-state index contributed by atoms with van der Waals surface area (Å²) in [7, 11) is 5.68. The molecule has 0 amide bonds. The van der Waals surface area contributed by atoms with Crippen LogP contribution in [0, 0.1) is 12.7 Å². The van der Waals surface area contributed by atoms with Crippen LogP contribution in [-0.4, -0.2) is 34.7 Å². The number of rotatable bonds is 5. The standard InChI is InChI=1S/C19H28FN5/c1-13(2)18-16(12-25(6)23-18)11-24(5)19(21-4)22-10-15-8-7-14(3)17(20)9-15/h7-9,12-13H,10-11H2,1-6H3,(H,21,22). The van der Waals surface area contributed by atoms with Gasteiger partial charge in [0.2, 0.25) is 0 Å². The third-order valence-corrected chi connectivity index (χ3v) is 4.15. The minimum absolute atomic E-state index is 0.181. The van der Waals surface area contributed by atoms with E-state index in [1.54, 1.807) is 26.1 Å². The van der Waals surface area contributed by atoms with Crippen LogP contribution < -0.4 is 5.32 Å². The summed E-state index contributed by atoms with van der Waals surface area (Å²) in [5, 5.41) is 7.84. The number of aliphatic imine (C=N–C) groups is 1. The van der Waals surface area contributed by atoms with Crippen molar-refractivity contribution >= 4 is 5.96 Å². The minimum Gasteiger partial charge on any atom is -0.352 e. The fourth-order valence-corrected chi connectivity index (χ4v) is 2.81. The molecule has 2 aromatic rings. The molecule has 6 heteroatoms. The Morgan fingerprint density at radius 1 is 1.40 bits per heavy atom. The summed E-state index contributed by atoms with van der Waals surface area (Å²) < 4.78 is 15.5. The molecule has 0 aliphatic heterocycles. The second kappa shape index (κ2) is 8.14. The number of aryl methyl sites for hydroxylation is 2. The molecule has 1 heterocycles. The normalized spacial score (nSPS) is 11.9. The monoisotopic (exact) mass is 345 g/mol. The van der Waals surface area contributed by atoms with Crippen molar-refractivity contribution in [2.75, 3.05) is 14.1 Å². The number of halogens is 1. The van der Waals surface area contributed by atoms with E-state index in [0.717, 1.165) is 17.2 Å². The summed E-state index contributed by atoms with van der Waals surface area (Å²) in [4.78, 5) is 6.38. The largest absolute Gasteiger partial charge is 0.352 e. The van der Waals surface area contributed by atoms with Gasteiger partial charge >= 0.3 is 0 Å². The van der Waals surface area contributed by atoms with Gasteiger partial charge in [-0.05, 0) is 30.0 Å². The highest BCUT2D eigenvalue weighted by Gasteiger charge is 2.15. The Hall–Kier alpha value is -2.37. The lowest BCUT2D eigenvalue weighted by Crippen LogP contribution is -2.38. The number of hydrogen-bond acceptors (Lipinski definition) is 2. The van der Waals surface area contributed by atoms with E-state index in [1.165, 1.54) is 5.56 Å². The smallest absolute Gasteiger partial charge is 0.193 e. The van der Waals surface area contributed by atoms with Crippen LogP contribution in [0.15, 0.2) is 29.4 Å². The second-order valence-corrected chi connectivity index (χ2v) is 6.71. The first-order valence-corrected chi connectivity index (χ1v) is 8.51. The van der Waals surface area contributed by atoms with Gasteiger partial charge in [0.25, 0.3) is 0 Å². The Labute approximate surface area is 149 Å². The summed E-state index contributed by atoms with van der Waals surface area (Å²) >= 11 is 0. The van der Waals surface area contributed by atoms with Crippen LogP contribution in [-0.2, 0) is 20.1 Å². The average Bonchev–Trinajstić information content (AvgIpc) is 2.92. The quantitative estimate of drug-likeness (QED) is 0.669. The van der Waals surface area contributed by atoms with Crippen molar-refractivity contribution in [3.63, 3.8) is 0 Å². The number of aromatic nitrogens is 2. The highest BCUT2D eigenvalue weighted by atomic mass is 19.1. The number of hydrogen-bond donors (Lipinski definition) is 1. The van der Waals surface area contributed by atoms with Crippen LogP contribution in [0.3, 0.4) is 0 Å². The lowest BCUT2D eigenvalue weighted by atomic mass is 10.1. The second-order valence-electron chi connectivity index (χ2n) is 6.71. The van der Waals surface area contributed by atoms with E-state index in [2.05, 4.69) is 35.5 Å². The van der Waals surface area contributed by atoms with E-state index in [4.69, 9.17) is 0 Å². The first-order chi connectivity index (χ1) is 11.8. The van der Waals surface area contributed by atoms with Crippen LogP contribution in [0.5, 0.6) is 0 Å². The molecular weight excluding hydrogens is 317 g/mol. The van der Waals surface area contributed by atoms with E-state index in [-0.39, 0.29) is 5.82 Å². The summed E-state index contributed by atoms with van der Waals surface area (Å²) in [6, 6.07) is 5.29. The fraction of sp³-hybridized carbons (Fsp3) is 0.474. The number of nitrogens with one attached hydrogen (secondary N) is 1. The van der Waals surface area contributed by atoms with Crippen LogP contribution in [0.25, 0.3) is 0 Å². The predicted octanol–water partition coefficient (Wildman–Crippen LogP) is 3.20. The number of nitrogens with zero attached hydrogens (tertiary/aromatic N) is 4. The molecule has 0 aliphatic rings. The summed E-state index contributed by atoms with van der Waals surface area (Å²) in [6.45, 7) is 7.29. The lowest BCUT2D eigenvalue weighted by molar-refractivity contribution is 0.473. The van der Waals surface area contributed by atoms with E-state index in [1.807, 2.05) is 29.7 Å². The highest BCUT2D eigenvalue weighted by molar-refractivity contribution is 5.79. The summed E-state index contributed by atoms with van der Waals surface area (Å²) in [6.07, 6.45) is 2.05. The van der Waals surface area contributed by atoms with E-state index < -0.39 is 0 Å². The number of benzene rings is 1. The van der Waals surface area contributed by atoms with Crippen LogP contribution >= 0.6 is 0 Å². The zero-order valence-corrected chi connectivity index (χ0v) is 16.0. The molecule has 0 saturated heterocycles. The Morgan fingerprint density at radius 3 is 2.72 bits per heavy atom. The zero-order valence-electron chi connectivity index (χ0n) is 16.0. The van der Waals surface area contributed by atoms with E-state index >= 15 is 0 Å². The Bertz CT molecular complexity index is 748. The molecule has 1 aromatic heterocycles. The molecule has 0 atom stereocenters. The Morgan fingerprint density at radius 2 is 2.12 bits per heavy atom. The molecule has 0 radical (unpaired) electrons. The molecule has 0 aliphatic carbocycles. The van der Waals surface area contributed by atoms with Gasteiger partial charge in [-0.25, -0.2) is 4.39 Å². The van der Waals surface area contributed by atoms with Crippen molar-refractivity contribution in [3.05, 3.63) is 52.6 Å². The van der Waals surface area contributed by atoms with Gasteiger partial charge in [-0.3, -0.25) is 9.67 Å². The molecule has 0 saturated carbocycles. The number of guanidine groups is 1. The van der Waals surface area contributed by atoms with Crippen molar-refractivity contribution in [1.82, 2.24) is 20.0 Å². The molecule has 1 N–H and O–H groups in total. The van der Waals surface area contributed by atoms with Gasteiger partial charge in [0.1, 0.15) is 5.82 Å². The van der Waals surface area contributed by atoms with Gasteiger partial charge in [0.05, 0.1) is 5.69 Å². The minimum atomic E-state index is -0.181. The first kappa shape index (κ1) is 19.0. The van der Waals surface area contributed by atoms with Crippen molar-refractivity contribution < 1.29 is 4.39 Å². The average molecular weight is 345 g/mol. The molecule has 1 aromatic carbocycles. The molecule has 2 rings (SSSR count). The van der Waals surface area contributed by atoms with Gasteiger partial charge < -0.3 is 10.2 Å². The predicted molar refractivity (Wildman–Crippen MR) is 100 cm³/mol. The SMILES string of the molecule is CN=C(NCc1ccc(C)c(F)c1)N(C)Cc1cn(C)nc1C(C)C. The molecule has 0 fully saturated rings. The van der Waals surface area contributed by atoms with Crippen LogP contribution in [0.4, 0.5) is 4.39 Å². The lowest BCUT2D eigenvalue weighted by Gasteiger charge is -2.22. The first-order valence-electron chi connectivity index (χ1n) is 8.51.